The summed E-state index contributed by atoms with van der Waals surface area (Å²) >= 11 is 6.45. The van der Waals surface area contributed by atoms with Gasteiger partial charge in [0, 0.05) is 12.5 Å². The van der Waals surface area contributed by atoms with Crippen molar-refractivity contribution in [1.82, 2.24) is 0 Å². The van der Waals surface area contributed by atoms with Gasteiger partial charge in [-0.15, -0.1) is 0 Å². The second kappa shape index (κ2) is 4.98. The monoisotopic (exact) mass is 270 g/mol. The van der Waals surface area contributed by atoms with Crippen LogP contribution in [0.2, 0.25) is 0 Å². The maximum absolute atomic E-state index is 6.45. The third-order valence-electron chi connectivity index (χ3n) is 6.14. The van der Waals surface area contributed by atoms with Crippen LogP contribution in [0.25, 0.3) is 0 Å². The van der Waals surface area contributed by atoms with Crippen molar-refractivity contribution in [3.8, 4) is 0 Å². The van der Waals surface area contributed by atoms with Crippen LogP contribution in [-0.2, 0) is 4.74 Å². The molecular weight excluding hydrogens is 244 g/mol. The molecule has 2 heteroatoms. The zero-order valence-corrected chi connectivity index (χ0v) is 12.6. The summed E-state index contributed by atoms with van der Waals surface area (Å²) in [5.41, 5.74) is 0.120. The molecule has 3 aliphatic carbocycles. The highest BCUT2D eigenvalue weighted by Crippen LogP contribution is 2.56. The second-order valence-electron chi connectivity index (χ2n) is 7.41. The van der Waals surface area contributed by atoms with E-state index in [1.165, 1.54) is 51.4 Å². The van der Waals surface area contributed by atoms with Gasteiger partial charge in [-0.2, -0.15) is 0 Å². The van der Waals surface area contributed by atoms with Crippen LogP contribution in [0.4, 0.5) is 0 Å². The Morgan fingerprint density at radius 3 is 2.50 bits per heavy atom. The van der Waals surface area contributed by atoms with Crippen LogP contribution in [0.5, 0.6) is 0 Å². The molecule has 3 rings (SSSR count). The highest BCUT2D eigenvalue weighted by Gasteiger charge is 2.48. The molecule has 5 unspecified atom stereocenters. The molecule has 0 heterocycles. The minimum absolute atomic E-state index is 0.0945. The van der Waals surface area contributed by atoms with Crippen molar-refractivity contribution in [2.75, 3.05) is 7.11 Å². The summed E-state index contributed by atoms with van der Waals surface area (Å²) < 4.78 is 5.46. The number of fused-ring (bicyclic) bond motifs is 2. The average molecular weight is 271 g/mol. The van der Waals surface area contributed by atoms with Crippen LogP contribution in [0.3, 0.4) is 0 Å². The van der Waals surface area contributed by atoms with E-state index in [0.717, 1.165) is 23.7 Å². The minimum Gasteiger partial charge on any atom is -0.365 e. The lowest BCUT2D eigenvalue weighted by atomic mass is 9.54. The summed E-state index contributed by atoms with van der Waals surface area (Å²) in [5.74, 6) is 3.91. The Bertz CT molecular complexity index is 301. The first-order valence-electron chi connectivity index (χ1n) is 7.79. The summed E-state index contributed by atoms with van der Waals surface area (Å²) in [4.78, 5) is 0. The highest BCUT2D eigenvalue weighted by molar-refractivity contribution is 6.20. The normalized spacial score (nSPS) is 46.5. The van der Waals surface area contributed by atoms with Gasteiger partial charge >= 0.3 is 0 Å². The molecule has 0 radical (unpaired) electrons. The number of alkyl halides is 1. The van der Waals surface area contributed by atoms with Crippen LogP contribution in [0, 0.1) is 29.1 Å². The molecule has 3 fully saturated rings. The molecule has 104 valence electrons. The first kappa shape index (κ1) is 13.2. The number of hydrogen-bond acceptors (Lipinski definition) is 1. The number of ether oxygens (including phenoxy) is 1. The van der Waals surface area contributed by atoms with Gasteiger partial charge in [-0.3, -0.25) is 0 Å². The smallest absolute Gasteiger partial charge is 0.136 e. The molecule has 0 aromatic carbocycles. The zero-order chi connectivity index (χ0) is 12.8. The van der Waals surface area contributed by atoms with Gasteiger partial charge in [0.25, 0.3) is 0 Å². The van der Waals surface area contributed by atoms with Crippen molar-refractivity contribution in [2.24, 2.45) is 29.1 Å². The molecule has 0 amide bonds. The molecular formula is C16H27ClO. The number of halogens is 1. The van der Waals surface area contributed by atoms with Crippen molar-refractivity contribution in [3.05, 3.63) is 0 Å². The minimum atomic E-state index is -0.0945. The summed E-state index contributed by atoms with van der Waals surface area (Å²) in [5, 5.41) is 0. The molecule has 3 aliphatic rings. The Kier molecular flexibility index (Phi) is 3.66. The summed E-state index contributed by atoms with van der Waals surface area (Å²) in [7, 11) is 1.76. The first-order chi connectivity index (χ1) is 8.62. The van der Waals surface area contributed by atoms with Gasteiger partial charge in [0.2, 0.25) is 0 Å². The lowest BCUT2D eigenvalue weighted by Crippen LogP contribution is -2.45. The lowest BCUT2D eigenvalue weighted by Gasteiger charge is -2.52. The maximum Gasteiger partial charge on any atom is 0.136 e. The molecule has 3 saturated carbocycles. The molecule has 0 saturated heterocycles. The Hall–Kier alpha value is 0.250. The molecule has 1 nitrogen and oxygen atoms in total. The number of rotatable bonds is 3. The van der Waals surface area contributed by atoms with Crippen molar-refractivity contribution in [3.63, 3.8) is 0 Å². The Labute approximate surface area is 117 Å². The van der Waals surface area contributed by atoms with Crippen molar-refractivity contribution >= 4 is 11.6 Å². The van der Waals surface area contributed by atoms with E-state index in [-0.39, 0.29) is 11.0 Å². The number of hydrogen-bond donors (Lipinski definition) is 0. The van der Waals surface area contributed by atoms with E-state index in [9.17, 15) is 0 Å². The van der Waals surface area contributed by atoms with Gasteiger partial charge in [0.05, 0.1) is 0 Å². The lowest BCUT2D eigenvalue weighted by molar-refractivity contribution is -0.0543. The standard InChI is InChI=1S/C16H27ClO/c1-16(15(17)18-2)9-11-6-7-14(12-4-3-5-12)13(8-11)10-16/h11-15H,3-10H2,1-2H3. The van der Waals surface area contributed by atoms with Gasteiger partial charge in [-0.05, 0) is 49.4 Å². The Morgan fingerprint density at radius 1 is 1.11 bits per heavy atom. The van der Waals surface area contributed by atoms with Crippen LogP contribution < -0.4 is 0 Å². The van der Waals surface area contributed by atoms with Gasteiger partial charge in [0.1, 0.15) is 5.56 Å². The largest absolute Gasteiger partial charge is 0.365 e. The third kappa shape index (κ3) is 2.22. The van der Waals surface area contributed by atoms with E-state index < -0.39 is 0 Å². The molecule has 0 aliphatic heterocycles. The summed E-state index contributed by atoms with van der Waals surface area (Å²) in [6.45, 7) is 2.36. The fraction of sp³-hybridized carbons (Fsp3) is 1.00. The third-order valence-corrected chi connectivity index (χ3v) is 6.85. The Balaban J connectivity index is 1.72. The Morgan fingerprint density at radius 2 is 1.89 bits per heavy atom. The van der Waals surface area contributed by atoms with Crippen molar-refractivity contribution in [1.29, 1.82) is 0 Å². The van der Waals surface area contributed by atoms with Crippen LogP contribution in [0.1, 0.15) is 58.3 Å². The number of methoxy groups -OCH3 is 1. The predicted molar refractivity (Wildman–Crippen MR) is 75.7 cm³/mol. The molecule has 0 spiro atoms. The van der Waals surface area contributed by atoms with E-state index in [2.05, 4.69) is 6.92 Å². The summed E-state index contributed by atoms with van der Waals surface area (Å²) in [6, 6.07) is 0. The predicted octanol–water partition coefficient (Wildman–Crippen LogP) is 4.83. The van der Waals surface area contributed by atoms with Crippen LogP contribution in [0.15, 0.2) is 0 Å². The SMILES string of the molecule is COC(Cl)C1(C)CC2CCC(C3CCC3)C(C2)C1. The van der Waals surface area contributed by atoms with E-state index in [0.29, 0.717) is 0 Å². The van der Waals surface area contributed by atoms with E-state index in [4.69, 9.17) is 16.3 Å². The fourth-order valence-corrected chi connectivity index (χ4v) is 5.28. The van der Waals surface area contributed by atoms with E-state index >= 15 is 0 Å². The molecule has 0 aromatic rings. The van der Waals surface area contributed by atoms with Gasteiger partial charge in [-0.1, -0.05) is 44.2 Å². The zero-order valence-electron chi connectivity index (χ0n) is 11.8. The topological polar surface area (TPSA) is 9.23 Å². The highest BCUT2D eigenvalue weighted by atomic mass is 35.5. The molecule has 0 N–H and O–H groups in total. The van der Waals surface area contributed by atoms with Gasteiger partial charge in [0.15, 0.2) is 0 Å². The maximum atomic E-state index is 6.45. The molecule has 5 atom stereocenters. The molecule has 18 heavy (non-hydrogen) atoms. The van der Waals surface area contributed by atoms with E-state index in [1.54, 1.807) is 7.11 Å². The van der Waals surface area contributed by atoms with Gasteiger partial charge in [-0.25, -0.2) is 0 Å². The van der Waals surface area contributed by atoms with Crippen LogP contribution >= 0.6 is 11.6 Å². The van der Waals surface area contributed by atoms with E-state index in [1.807, 2.05) is 0 Å². The average Bonchev–Trinajstić information content (AvgIpc) is 2.29. The summed E-state index contributed by atoms with van der Waals surface area (Å²) in [6.07, 6.45) is 11.5. The molecule has 2 bridgehead atoms. The fourth-order valence-electron chi connectivity index (χ4n) is 5.10. The van der Waals surface area contributed by atoms with Crippen molar-refractivity contribution < 1.29 is 4.74 Å². The van der Waals surface area contributed by atoms with Crippen LogP contribution in [-0.4, -0.2) is 12.7 Å². The quantitative estimate of drug-likeness (QED) is 0.668. The van der Waals surface area contributed by atoms with Gasteiger partial charge < -0.3 is 4.74 Å². The molecule has 0 aromatic heterocycles. The first-order valence-corrected chi connectivity index (χ1v) is 8.23. The second-order valence-corrected chi connectivity index (χ2v) is 7.80. The van der Waals surface area contributed by atoms with Crippen molar-refractivity contribution in [2.45, 2.75) is 63.9 Å².